The topological polar surface area (TPSA) is 88.3 Å². The molecule has 0 unspecified atom stereocenters. The van der Waals surface area contributed by atoms with Crippen molar-refractivity contribution in [2.24, 2.45) is 0 Å². The molecule has 9 heteroatoms. The molecule has 20 heavy (non-hydrogen) atoms. The summed E-state index contributed by atoms with van der Waals surface area (Å²) in [6, 6.07) is 0. The minimum absolute atomic E-state index is 0.0862. The van der Waals surface area contributed by atoms with Gasteiger partial charge < -0.3 is 5.11 Å². The molecular weight excluding hydrogens is 300 g/mol. The maximum atomic E-state index is 12.4. The highest BCUT2D eigenvalue weighted by atomic mass is 32.2. The van der Waals surface area contributed by atoms with E-state index in [1.54, 1.807) is 5.51 Å². The summed E-state index contributed by atoms with van der Waals surface area (Å²) in [5.74, 6) is 0. The van der Waals surface area contributed by atoms with E-state index in [4.69, 9.17) is 5.11 Å². The van der Waals surface area contributed by atoms with Gasteiger partial charge in [-0.2, -0.15) is 9.40 Å². The molecule has 0 atom stereocenters. The number of aliphatic hydroxyl groups excluding tert-OH is 1. The number of hydrogen-bond donors (Lipinski definition) is 1. The number of aliphatic hydroxyl groups is 1. The van der Waals surface area contributed by atoms with Crippen molar-refractivity contribution in [3.8, 4) is 0 Å². The molecule has 2 rings (SSSR count). The molecule has 0 aliphatic heterocycles. The Hall–Kier alpha value is -1.29. The lowest BCUT2D eigenvalue weighted by Gasteiger charge is -2.15. The van der Waals surface area contributed by atoms with Crippen molar-refractivity contribution in [2.45, 2.75) is 24.9 Å². The highest BCUT2D eigenvalue weighted by Gasteiger charge is 2.23. The van der Waals surface area contributed by atoms with Gasteiger partial charge in [0.1, 0.15) is 4.90 Å². The third kappa shape index (κ3) is 3.06. The predicted octanol–water partition coefficient (Wildman–Crippen LogP) is 0.461. The second-order valence-electron chi connectivity index (χ2n) is 4.28. The Bertz CT molecular complexity index is 677. The lowest BCUT2D eigenvalue weighted by molar-refractivity contribution is 0.269. The monoisotopic (exact) mass is 316 g/mol. The van der Waals surface area contributed by atoms with Crippen LogP contribution < -0.4 is 0 Å². The summed E-state index contributed by atoms with van der Waals surface area (Å²) in [6.07, 6.45) is 2.71. The summed E-state index contributed by atoms with van der Waals surface area (Å²) in [5, 5.41) is 12.7. The second kappa shape index (κ2) is 6.00. The molecule has 0 radical (unpaired) electrons. The molecule has 0 bridgehead atoms. The molecule has 2 aromatic rings. The standard InChI is InChI=1S/C11H16N4O3S2/c1-9-11(19-8-12-9)7-14(2)20(17,18)10-5-13-15(6-10)3-4-16/h5-6,8,16H,3-4,7H2,1-2H3. The van der Waals surface area contributed by atoms with Crippen LogP contribution in [0.5, 0.6) is 0 Å². The van der Waals surface area contributed by atoms with E-state index in [2.05, 4.69) is 10.1 Å². The molecule has 2 aromatic heterocycles. The molecule has 110 valence electrons. The SMILES string of the molecule is Cc1ncsc1CN(C)S(=O)(=O)c1cnn(CCO)c1. The van der Waals surface area contributed by atoms with Crippen molar-refractivity contribution in [3.63, 3.8) is 0 Å². The fourth-order valence-corrected chi connectivity index (χ4v) is 3.65. The zero-order valence-corrected chi connectivity index (χ0v) is 12.9. The maximum absolute atomic E-state index is 12.4. The van der Waals surface area contributed by atoms with Crippen LogP contribution in [0, 0.1) is 6.92 Å². The van der Waals surface area contributed by atoms with Gasteiger partial charge in [-0.1, -0.05) is 0 Å². The number of aromatic nitrogens is 3. The molecule has 0 aromatic carbocycles. The Balaban J connectivity index is 2.18. The van der Waals surface area contributed by atoms with Crippen LogP contribution in [-0.4, -0.2) is 46.2 Å². The predicted molar refractivity (Wildman–Crippen MR) is 74.8 cm³/mol. The summed E-state index contributed by atoms with van der Waals surface area (Å²) < 4.78 is 27.4. The van der Waals surface area contributed by atoms with E-state index < -0.39 is 10.0 Å². The molecule has 0 saturated carbocycles. The molecule has 0 amide bonds. The van der Waals surface area contributed by atoms with Gasteiger partial charge in [0.25, 0.3) is 0 Å². The van der Waals surface area contributed by atoms with E-state index in [1.807, 2.05) is 6.92 Å². The summed E-state index contributed by atoms with van der Waals surface area (Å²) in [6.45, 7) is 2.32. The zero-order chi connectivity index (χ0) is 14.8. The summed E-state index contributed by atoms with van der Waals surface area (Å²) in [4.78, 5) is 5.14. The fraction of sp³-hybridized carbons (Fsp3) is 0.455. The van der Waals surface area contributed by atoms with Crippen molar-refractivity contribution in [1.29, 1.82) is 0 Å². The maximum Gasteiger partial charge on any atom is 0.246 e. The molecule has 1 N–H and O–H groups in total. The molecule has 0 aliphatic carbocycles. The van der Waals surface area contributed by atoms with Gasteiger partial charge in [0, 0.05) is 24.7 Å². The molecule has 0 aliphatic rings. The van der Waals surface area contributed by atoms with Gasteiger partial charge in [0.2, 0.25) is 10.0 Å². The van der Waals surface area contributed by atoms with Crippen LogP contribution in [0.4, 0.5) is 0 Å². The first-order valence-corrected chi connectivity index (χ1v) is 8.25. The first kappa shape index (κ1) is 15.1. The fourth-order valence-electron chi connectivity index (χ4n) is 1.65. The highest BCUT2D eigenvalue weighted by Crippen LogP contribution is 2.19. The quantitative estimate of drug-likeness (QED) is 0.836. The molecule has 0 fully saturated rings. The Kier molecular flexibility index (Phi) is 4.53. The Morgan fingerprint density at radius 1 is 1.50 bits per heavy atom. The van der Waals surface area contributed by atoms with Crippen LogP contribution in [0.3, 0.4) is 0 Å². The Morgan fingerprint density at radius 2 is 2.25 bits per heavy atom. The van der Waals surface area contributed by atoms with Gasteiger partial charge >= 0.3 is 0 Å². The van der Waals surface area contributed by atoms with E-state index in [1.165, 1.54) is 39.8 Å². The lowest BCUT2D eigenvalue weighted by Crippen LogP contribution is -2.26. The summed E-state index contributed by atoms with van der Waals surface area (Å²) >= 11 is 1.43. The second-order valence-corrected chi connectivity index (χ2v) is 7.27. The Labute approximate surface area is 121 Å². The van der Waals surface area contributed by atoms with Crippen molar-refractivity contribution in [3.05, 3.63) is 28.5 Å². The van der Waals surface area contributed by atoms with Crippen molar-refractivity contribution >= 4 is 21.4 Å². The summed E-state index contributed by atoms with van der Waals surface area (Å²) in [7, 11) is -2.06. The van der Waals surface area contributed by atoms with Crippen LogP contribution in [0.2, 0.25) is 0 Å². The minimum atomic E-state index is -3.58. The van der Waals surface area contributed by atoms with Gasteiger partial charge in [-0.15, -0.1) is 11.3 Å². The third-order valence-electron chi connectivity index (χ3n) is 2.86. The molecule has 2 heterocycles. The van der Waals surface area contributed by atoms with Gasteiger partial charge in [0.05, 0.1) is 30.6 Å². The largest absolute Gasteiger partial charge is 0.394 e. The van der Waals surface area contributed by atoms with Crippen molar-refractivity contribution in [1.82, 2.24) is 19.1 Å². The van der Waals surface area contributed by atoms with Crippen LogP contribution in [0.25, 0.3) is 0 Å². The van der Waals surface area contributed by atoms with Gasteiger partial charge in [-0.25, -0.2) is 13.4 Å². The van der Waals surface area contributed by atoms with Crippen LogP contribution in [0.15, 0.2) is 22.8 Å². The van der Waals surface area contributed by atoms with Gasteiger partial charge in [0.15, 0.2) is 0 Å². The third-order valence-corrected chi connectivity index (χ3v) is 5.53. The van der Waals surface area contributed by atoms with Crippen molar-refractivity contribution in [2.75, 3.05) is 13.7 Å². The van der Waals surface area contributed by atoms with E-state index in [9.17, 15) is 8.42 Å². The molecule has 7 nitrogen and oxygen atoms in total. The summed E-state index contributed by atoms with van der Waals surface area (Å²) in [5.41, 5.74) is 2.54. The highest BCUT2D eigenvalue weighted by molar-refractivity contribution is 7.89. The number of thiazole rings is 1. The van der Waals surface area contributed by atoms with E-state index >= 15 is 0 Å². The number of nitrogens with zero attached hydrogens (tertiary/aromatic N) is 4. The van der Waals surface area contributed by atoms with E-state index in [0.29, 0.717) is 0 Å². The number of rotatable bonds is 6. The lowest BCUT2D eigenvalue weighted by atomic mass is 10.4. The number of hydrogen-bond acceptors (Lipinski definition) is 6. The first-order valence-electron chi connectivity index (χ1n) is 5.93. The smallest absolute Gasteiger partial charge is 0.246 e. The average molecular weight is 316 g/mol. The van der Waals surface area contributed by atoms with Crippen LogP contribution >= 0.6 is 11.3 Å². The van der Waals surface area contributed by atoms with E-state index in [0.717, 1.165) is 10.6 Å². The van der Waals surface area contributed by atoms with E-state index in [-0.39, 0.29) is 24.6 Å². The van der Waals surface area contributed by atoms with Crippen LogP contribution in [0.1, 0.15) is 10.6 Å². The number of sulfonamides is 1. The number of aryl methyl sites for hydroxylation is 1. The molecule has 0 saturated heterocycles. The normalized spacial score (nSPS) is 12.2. The van der Waals surface area contributed by atoms with Crippen molar-refractivity contribution < 1.29 is 13.5 Å². The molecular formula is C11H16N4O3S2. The zero-order valence-electron chi connectivity index (χ0n) is 11.2. The first-order chi connectivity index (χ1) is 9.45. The Morgan fingerprint density at radius 3 is 2.85 bits per heavy atom. The molecule has 0 spiro atoms. The average Bonchev–Trinajstić information content (AvgIpc) is 3.00. The van der Waals surface area contributed by atoms with Gasteiger partial charge in [-0.05, 0) is 6.92 Å². The van der Waals surface area contributed by atoms with Gasteiger partial charge in [-0.3, -0.25) is 4.68 Å². The van der Waals surface area contributed by atoms with Crippen LogP contribution in [-0.2, 0) is 23.1 Å². The minimum Gasteiger partial charge on any atom is -0.394 e.